The quantitative estimate of drug-likeness (QED) is 0.866. The Morgan fingerprint density at radius 2 is 2.17 bits per heavy atom. The number of nitrogens with one attached hydrogen (secondary N) is 2. The van der Waals surface area contributed by atoms with Crippen LogP contribution in [-0.4, -0.2) is 15.9 Å². The van der Waals surface area contributed by atoms with Crippen LogP contribution in [-0.2, 0) is 4.79 Å². The number of para-hydroxylation sites is 2. The molecule has 5 nitrogen and oxygen atoms in total. The van der Waals surface area contributed by atoms with Gasteiger partial charge in [0.1, 0.15) is 5.92 Å². The van der Waals surface area contributed by atoms with Gasteiger partial charge in [-0.3, -0.25) is 10.1 Å². The Labute approximate surface area is 105 Å². The summed E-state index contributed by atoms with van der Waals surface area (Å²) in [6.07, 6.45) is 0. The zero-order valence-electron chi connectivity index (χ0n) is 10.3. The van der Waals surface area contributed by atoms with Crippen molar-refractivity contribution in [1.29, 1.82) is 5.26 Å². The first-order valence-corrected chi connectivity index (χ1v) is 5.77. The number of H-pyrrole nitrogens is 1. The highest BCUT2D eigenvalue weighted by atomic mass is 16.2. The molecule has 5 heteroatoms. The summed E-state index contributed by atoms with van der Waals surface area (Å²) in [5.41, 5.74) is 1.64. The topological polar surface area (TPSA) is 81.6 Å². The first-order valence-electron chi connectivity index (χ1n) is 5.77. The van der Waals surface area contributed by atoms with Crippen LogP contribution in [0.5, 0.6) is 0 Å². The third kappa shape index (κ3) is 2.33. The molecule has 0 saturated carbocycles. The first-order chi connectivity index (χ1) is 8.61. The van der Waals surface area contributed by atoms with E-state index in [0.29, 0.717) is 5.95 Å². The van der Waals surface area contributed by atoms with Crippen molar-refractivity contribution in [3.63, 3.8) is 0 Å². The molecule has 0 saturated heterocycles. The number of nitriles is 1. The number of aromatic nitrogens is 2. The lowest BCUT2D eigenvalue weighted by Gasteiger charge is -2.11. The lowest BCUT2D eigenvalue weighted by Crippen LogP contribution is -2.26. The van der Waals surface area contributed by atoms with Gasteiger partial charge < -0.3 is 4.98 Å². The van der Waals surface area contributed by atoms with Crippen LogP contribution in [0.2, 0.25) is 0 Å². The molecule has 1 unspecified atom stereocenters. The SMILES string of the molecule is CC(C)C(C#N)C(=O)Nc1nc2ccccc2[nH]1. The highest BCUT2D eigenvalue weighted by Gasteiger charge is 2.22. The smallest absolute Gasteiger partial charge is 0.244 e. The fourth-order valence-electron chi connectivity index (χ4n) is 1.72. The summed E-state index contributed by atoms with van der Waals surface area (Å²) in [7, 11) is 0. The molecule has 0 radical (unpaired) electrons. The number of rotatable bonds is 3. The lowest BCUT2D eigenvalue weighted by molar-refractivity contribution is -0.119. The molecule has 1 heterocycles. The molecule has 2 N–H and O–H groups in total. The normalized spacial score (nSPS) is 12.3. The number of fused-ring (bicyclic) bond motifs is 1. The van der Waals surface area contributed by atoms with Crippen LogP contribution in [0.3, 0.4) is 0 Å². The zero-order chi connectivity index (χ0) is 13.1. The average Bonchev–Trinajstić information content (AvgIpc) is 2.71. The molecular weight excluding hydrogens is 228 g/mol. The van der Waals surface area contributed by atoms with Crippen molar-refractivity contribution in [2.75, 3.05) is 5.32 Å². The maximum absolute atomic E-state index is 11.9. The molecule has 1 aromatic heterocycles. The van der Waals surface area contributed by atoms with Crippen molar-refractivity contribution in [2.45, 2.75) is 13.8 Å². The van der Waals surface area contributed by atoms with Gasteiger partial charge in [-0.1, -0.05) is 26.0 Å². The molecule has 92 valence electrons. The summed E-state index contributed by atoms with van der Waals surface area (Å²) in [5, 5.41) is 11.6. The van der Waals surface area contributed by atoms with Crippen LogP contribution in [0.25, 0.3) is 11.0 Å². The van der Waals surface area contributed by atoms with Gasteiger partial charge in [-0.15, -0.1) is 0 Å². The van der Waals surface area contributed by atoms with Gasteiger partial charge in [0.05, 0.1) is 17.1 Å². The summed E-state index contributed by atoms with van der Waals surface area (Å²) in [6, 6.07) is 9.49. The number of anilines is 1. The van der Waals surface area contributed by atoms with Crippen molar-refractivity contribution in [3.05, 3.63) is 24.3 Å². The number of imidazole rings is 1. The van der Waals surface area contributed by atoms with Crippen LogP contribution < -0.4 is 5.32 Å². The number of amides is 1. The number of carbonyl (C=O) groups is 1. The van der Waals surface area contributed by atoms with Gasteiger partial charge in [0, 0.05) is 0 Å². The van der Waals surface area contributed by atoms with E-state index in [1.807, 2.05) is 44.2 Å². The molecule has 0 fully saturated rings. The number of nitrogens with zero attached hydrogens (tertiary/aromatic N) is 2. The monoisotopic (exact) mass is 242 g/mol. The van der Waals surface area contributed by atoms with E-state index in [0.717, 1.165) is 11.0 Å². The maximum Gasteiger partial charge on any atom is 0.244 e. The van der Waals surface area contributed by atoms with Crippen LogP contribution in [0.15, 0.2) is 24.3 Å². The molecule has 18 heavy (non-hydrogen) atoms. The molecule has 1 atom stereocenters. The van der Waals surface area contributed by atoms with E-state index in [1.54, 1.807) is 0 Å². The van der Waals surface area contributed by atoms with Gasteiger partial charge in [-0.25, -0.2) is 4.98 Å². The third-order valence-corrected chi connectivity index (χ3v) is 2.72. The third-order valence-electron chi connectivity index (χ3n) is 2.72. The van der Waals surface area contributed by atoms with Crippen LogP contribution in [0.4, 0.5) is 5.95 Å². The Morgan fingerprint density at radius 1 is 1.44 bits per heavy atom. The zero-order valence-corrected chi connectivity index (χ0v) is 10.3. The molecule has 0 bridgehead atoms. The molecule has 0 aliphatic carbocycles. The molecular formula is C13H14N4O. The van der Waals surface area contributed by atoms with Gasteiger partial charge in [-0.05, 0) is 18.1 Å². The molecule has 0 spiro atoms. The van der Waals surface area contributed by atoms with E-state index in [-0.39, 0.29) is 11.8 Å². The second kappa shape index (κ2) is 4.88. The van der Waals surface area contributed by atoms with Crippen LogP contribution in [0, 0.1) is 23.2 Å². The summed E-state index contributed by atoms with van der Waals surface area (Å²) >= 11 is 0. The summed E-state index contributed by atoms with van der Waals surface area (Å²) < 4.78 is 0. The second-order valence-electron chi connectivity index (χ2n) is 4.44. The Kier molecular flexibility index (Phi) is 3.28. The maximum atomic E-state index is 11.9. The summed E-state index contributed by atoms with van der Waals surface area (Å²) in [6.45, 7) is 3.68. The molecule has 2 rings (SSSR count). The van der Waals surface area contributed by atoms with E-state index in [1.165, 1.54) is 0 Å². The Bertz CT molecular complexity index is 576. The van der Waals surface area contributed by atoms with Crippen molar-refractivity contribution < 1.29 is 4.79 Å². The van der Waals surface area contributed by atoms with E-state index in [2.05, 4.69) is 15.3 Å². The van der Waals surface area contributed by atoms with E-state index in [4.69, 9.17) is 5.26 Å². The number of benzene rings is 1. The van der Waals surface area contributed by atoms with E-state index >= 15 is 0 Å². The molecule has 1 aromatic carbocycles. The molecule has 1 amide bonds. The van der Waals surface area contributed by atoms with Gasteiger partial charge in [0.2, 0.25) is 11.9 Å². The van der Waals surface area contributed by atoms with E-state index < -0.39 is 5.92 Å². The fourth-order valence-corrected chi connectivity index (χ4v) is 1.72. The number of hydrogen-bond donors (Lipinski definition) is 2. The van der Waals surface area contributed by atoms with Gasteiger partial charge in [0.15, 0.2) is 0 Å². The molecule has 2 aromatic rings. The number of aromatic amines is 1. The Hall–Kier alpha value is -2.35. The summed E-state index contributed by atoms with van der Waals surface area (Å²) in [5.74, 6) is -0.647. The van der Waals surface area contributed by atoms with Crippen molar-refractivity contribution >= 4 is 22.9 Å². The van der Waals surface area contributed by atoms with Crippen LogP contribution >= 0.6 is 0 Å². The minimum absolute atomic E-state index is 0.0284. The number of hydrogen-bond acceptors (Lipinski definition) is 3. The standard InChI is InChI=1S/C13H14N4O/c1-8(2)9(7-14)12(18)17-13-15-10-5-3-4-6-11(10)16-13/h3-6,8-9H,1-2H3,(H2,15,16,17,18). The molecule has 0 aliphatic rings. The van der Waals surface area contributed by atoms with Crippen molar-refractivity contribution in [2.24, 2.45) is 11.8 Å². The minimum Gasteiger partial charge on any atom is -0.324 e. The average molecular weight is 242 g/mol. The van der Waals surface area contributed by atoms with Crippen molar-refractivity contribution in [1.82, 2.24) is 9.97 Å². The van der Waals surface area contributed by atoms with E-state index in [9.17, 15) is 4.79 Å². The Balaban J connectivity index is 2.19. The predicted molar refractivity (Wildman–Crippen MR) is 68.7 cm³/mol. The number of carbonyl (C=O) groups excluding carboxylic acids is 1. The van der Waals surface area contributed by atoms with Crippen molar-refractivity contribution in [3.8, 4) is 6.07 Å². The van der Waals surface area contributed by atoms with Crippen LogP contribution in [0.1, 0.15) is 13.8 Å². The minimum atomic E-state index is -0.668. The first kappa shape index (κ1) is 12.1. The van der Waals surface area contributed by atoms with Gasteiger partial charge in [0.25, 0.3) is 0 Å². The molecule has 0 aliphatic heterocycles. The highest BCUT2D eigenvalue weighted by Crippen LogP contribution is 2.16. The van der Waals surface area contributed by atoms with Gasteiger partial charge >= 0.3 is 0 Å². The largest absolute Gasteiger partial charge is 0.324 e. The second-order valence-corrected chi connectivity index (χ2v) is 4.44. The lowest BCUT2D eigenvalue weighted by atomic mass is 9.97. The predicted octanol–water partition coefficient (Wildman–Crippen LogP) is 2.30. The fraction of sp³-hybridized carbons (Fsp3) is 0.308. The summed E-state index contributed by atoms with van der Waals surface area (Å²) in [4.78, 5) is 19.1. The van der Waals surface area contributed by atoms with Gasteiger partial charge in [-0.2, -0.15) is 5.26 Å². The highest BCUT2D eigenvalue weighted by molar-refractivity contribution is 5.94. The Morgan fingerprint density at radius 3 is 2.78 bits per heavy atom.